The van der Waals surface area contributed by atoms with Crippen molar-refractivity contribution in [2.24, 2.45) is 0 Å². The molecule has 1 N–H and O–H groups in total. The van der Waals surface area contributed by atoms with E-state index < -0.39 is 34.1 Å². The number of carbonyl (C=O) groups is 2. The number of sulfonamides is 1. The number of anilines is 1. The highest BCUT2D eigenvalue weighted by atomic mass is 32.2. The van der Waals surface area contributed by atoms with Crippen LogP contribution < -0.4 is 14.4 Å². The molecule has 1 atom stereocenters. The van der Waals surface area contributed by atoms with E-state index in [4.69, 9.17) is 4.74 Å². The van der Waals surface area contributed by atoms with Crippen molar-refractivity contribution in [1.82, 2.24) is 10.2 Å². The van der Waals surface area contributed by atoms with Gasteiger partial charge in [0.1, 0.15) is 18.3 Å². The van der Waals surface area contributed by atoms with Gasteiger partial charge in [0, 0.05) is 18.5 Å². The Morgan fingerprint density at radius 3 is 2.02 bits per heavy atom. The van der Waals surface area contributed by atoms with Crippen LogP contribution in [-0.2, 0) is 32.6 Å². The zero-order valence-corrected chi connectivity index (χ0v) is 28.2. The number of nitrogens with one attached hydrogen (secondary N) is 1. The third kappa shape index (κ3) is 8.75. The fourth-order valence-corrected chi connectivity index (χ4v) is 6.51. The zero-order valence-electron chi connectivity index (χ0n) is 27.4. The molecule has 0 heterocycles. The number of hydrogen-bond donors (Lipinski definition) is 1. The summed E-state index contributed by atoms with van der Waals surface area (Å²) < 4.78 is 34.8. The standard InChI is InChI=1S/C37H43N3O5S/c1-27-16-22-33(23-17-27)46(43,44)40(31-18-20-32(45-6)21-19-31)26-35(41)39(25-30-15-11-10-12-28(30)2)34(36(42)38-37(3,4)5)24-29-13-8-7-9-14-29/h7-23,34H,24-26H2,1-6H3,(H,38,42). The molecule has 4 rings (SSSR count). The maximum atomic E-state index is 14.6. The van der Waals surface area contributed by atoms with Crippen molar-refractivity contribution in [2.45, 2.75) is 64.1 Å². The van der Waals surface area contributed by atoms with Gasteiger partial charge in [-0.3, -0.25) is 13.9 Å². The van der Waals surface area contributed by atoms with Crippen LogP contribution in [0.15, 0.2) is 108 Å². The fraction of sp³-hybridized carbons (Fsp3) is 0.297. The first-order chi connectivity index (χ1) is 21.8. The highest BCUT2D eigenvalue weighted by Crippen LogP contribution is 2.27. The Balaban J connectivity index is 1.83. The maximum absolute atomic E-state index is 14.6. The third-order valence-corrected chi connectivity index (χ3v) is 9.41. The number of nitrogens with zero attached hydrogens (tertiary/aromatic N) is 2. The van der Waals surface area contributed by atoms with Gasteiger partial charge in [0.15, 0.2) is 0 Å². The molecule has 0 radical (unpaired) electrons. The van der Waals surface area contributed by atoms with Crippen molar-refractivity contribution >= 4 is 27.5 Å². The molecule has 0 aliphatic carbocycles. The van der Waals surface area contributed by atoms with E-state index in [1.807, 2.05) is 89.2 Å². The Labute approximate surface area is 273 Å². The van der Waals surface area contributed by atoms with Crippen LogP contribution in [-0.4, -0.2) is 50.4 Å². The summed E-state index contributed by atoms with van der Waals surface area (Å²) in [5.74, 6) is -0.291. The molecule has 0 aromatic heterocycles. The normalized spacial score (nSPS) is 12.2. The second kappa shape index (κ2) is 14.6. The summed E-state index contributed by atoms with van der Waals surface area (Å²) in [7, 11) is -2.66. The molecule has 8 nitrogen and oxygen atoms in total. The molecule has 1 unspecified atom stereocenters. The van der Waals surface area contributed by atoms with E-state index in [0.717, 1.165) is 26.6 Å². The minimum atomic E-state index is -4.19. The number of hydrogen-bond acceptors (Lipinski definition) is 5. The SMILES string of the molecule is COc1ccc(N(CC(=O)N(Cc2ccccc2C)C(Cc2ccccc2)C(=O)NC(C)(C)C)S(=O)(=O)c2ccc(C)cc2)cc1. The molecule has 0 fully saturated rings. The van der Waals surface area contributed by atoms with E-state index in [0.29, 0.717) is 11.4 Å². The fourth-order valence-electron chi connectivity index (χ4n) is 5.09. The van der Waals surface area contributed by atoms with Crippen LogP contribution >= 0.6 is 0 Å². The lowest BCUT2D eigenvalue weighted by Crippen LogP contribution is -2.56. The summed E-state index contributed by atoms with van der Waals surface area (Å²) in [6.07, 6.45) is 0.244. The number of rotatable bonds is 12. The average molecular weight is 642 g/mol. The van der Waals surface area contributed by atoms with Gasteiger partial charge >= 0.3 is 0 Å². The van der Waals surface area contributed by atoms with Gasteiger partial charge < -0.3 is 15.0 Å². The lowest BCUT2D eigenvalue weighted by atomic mass is 10.00. The van der Waals surface area contributed by atoms with E-state index >= 15 is 0 Å². The largest absolute Gasteiger partial charge is 0.497 e. The van der Waals surface area contributed by atoms with Gasteiger partial charge in [-0.15, -0.1) is 0 Å². The van der Waals surface area contributed by atoms with Crippen molar-refractivity contribution in [1.29, 1.82) is 0 Å². The molecule has 2 amide bonds. The number of carbonyl (C=O) groups excluding carboxylic acids is 2. The first kappa shape index (κ1) is 34.2. The number of amides is 2. The summed E-state index contributed by atoms with van der Waals surface area (Å²) in [4.78, 5) is 30.2. The second-order valence-corrected chi connectivity index (χ2v) is 14.3. The molecule has 0 aliphatic heterocycles. The molecule has 0 spiro atoms. The van der Waals surface area contributed by atoms with Gasteiger partial charge in [-0.05, 0) is 87.7 Å². The summed E-state index contributed by atoms with van der Waals surface area (Å²) in [6.45, 7) is 9.07. The minimum Gasteiger partial charge on any atom is -0.497 e. The molecule has 4 aromatic carbocycles. The zero-order chi connectivity index (χ0) is 33.5. The van der Waals surface area contributed by atoms with Crippen molar-refractivity contribution < 1.29 is 22.7 Å². The monoisotopic (exact) mass is 641 g/mol. The van der Waals surface area contributed by atoms with Gasteiger partial charge in [-0.25, -0.2) is 8.42 Å². The van der Waals surface area contributed by atoms with Crippen LogP contribution in [0.5, 0.6) is 5.75 Å². The van der Waals surface area contributed by atoms with E-state index in [1.54, 1.807) is 36.4 Å². The number of ether oxygens (including phenoxy) is 1. The smallest absolute Gasteiger partial charge is 0.264 e. The van der Waals surface area contributed by atoms with Crippen molar-refractivity contribution in [3.63, 3.8) is 0 Å². The van der Waals surface area contributed by atoms with Crippen molar-refractivity contribution in [3.05, 3.63) is 125 Å². The lowest BCUT2D eigenvalue weighted by molar-refractivity contribution is -0.140. The van der Waals surface area contributed by atoms with Gasteiger partial charge in [0.25, 0.3) is 10.0 Å². The quantitative estimate of drug-likeness (QED) is 0.203. The molecular formula is C37H43N3O5S. The van der Waals surface area contributed by atoms with Crippen LogP contribution in [0, 0.1) is 13.8 Å². The predicted octanol–water partition coefficient (Wildman–Crippen LogP) is 6.06. The Bertz CT molecular complexity index is 1730. The number of benzene rings is 4. The molecule has 0 saturated carbocycles. The highest BCUT2D eigenvalue weighted by Gasteiger charge is 2.35. The Morgan fingerprint density at radius 1 is 0.826 bits per heavy atom. The summed E-state index contributed by atoms with van der Waals surface area (Å²) in [5.41, 5.74) is 3.32. The van der Waals surface area contributed by atoms with Crippen molar-refractivity contribution in [3.8, 4) is 5.75 Å². The molecule has 0 saturated heterocycles. The predicted molar refractivity (Wildman–Crippen MR) is 182 cm³/mol. The van der Waals surface area contributed by atoms with Crippen LogP contribution in [0.4, 0.5) is 5.69 Å². The molecule has 0 bridgehead atoms. The van der Waals surface area contributed by atoms with E-state index in [1.165, 1.54) is 24.1 Å². The molecule has 0 aliphatic rings. The van der Waals surface area contributed by atoms with Crippen LogP contribution in [0.1, 0.15) is 43.0 Å². The Morgan fingerprint density at radius 2 is 1.43 bits per heavy atom. The molecule has 242 valence electrons. The summed E-state index contributed by atoms with van der Waals surface area (Å²) in [6, 6.07) is 29.3. The minimum absolute atomic E-state index is 0.0542. The average Bonchev–Trinajstić information content (AvgIpc) is 3.02. The van der Waals surface area contributed by atoms with Gasteiger partial charge in [-0.2, -0.15) is 0 Å². The lowest BCUT2D eigenvalue weighted by Gasteiger charge is -2.35. The van der Waals surface area contributed by atoms with Crippen molar-refractivity contribution in [2.75, 3.05) is 18.0 Å². The Hall–Kier alpha value is -4.63. The second-order valence-electron chi connectivity index (χ2n) is 12.4. The van der Waals surface area contributed by atoms with Gasteiger partial charge in [0.05, 0.1) is 17.7 Å². The molecular weight excluding hydrogens is 598 g/mol. The summed E-state index contributed by atoms with van der Waals surface area (Å²) in [5, 5.41) is 3.06. The van der Waals surface area contributed by atoms with Gasteiger partial charge in [-0.1, -0.05) is 72.3 Å². The molecule has 4 aromatic rings. The first-order valence-electron chi connectivity index (χ1n) is 15.2. The molecule has 9 heteroatoms. The van der Waals surface area contributed by atoms with Crippen LogP contribution in [0.25, 0.3) is 0 Å². The van der Waals surface area contributed by atoms with Crippen LogP contribution in [0.3, 0.4) is 0 Å². The number of methoxy groups -OCH3 is 1. The van der Waals surface area contributed by atoms with Crippen LogP contribution in [0.2, 0.25) is 0 Å². The van der Waals surface area contributed by atoms with E-state index in [2.05, 4.69) is 5.32 Å². The highest BCUT2D eigenvalue weighted by molar-refractivity contribution is 7.92. The first-order valence-corrected chi connectivity index (χ1v) is 16.7. The number of aryl methyl sites for hydroxylation is 2. The Kier molecular flexibility index (Phi) is 10.9. The van der Waals surface area contributed by atoms with E-state index in [-0.39, 0.29) is 23.8 Å². The maximum Gasteiger partial charge on any atom is 0.264 e. The third-order valence-electron chi connectivity index (χ3n) is 7.62. The van der Waals surface area contributed by atoms with E-state index in [9.17, 15) is 18.0 Å². The molecule has 46 heavy (non-hydrogen) atoms. The summed E-state index contributed by atoms with van der Waals surface area (Å²) >= 11 is 0. The topological polar surface area (TPSA) is 96.0 Å². The van der Waals surface area contributed by atoms with Gasteiger partial charge in [0.2, 0.25) is 11.8 Å².